The van der Waals surface area contributed by atoms with Crippen molar-refractivity contribution in [2.75, 3.05) is 60.6 Å². The van der Waals surface area contributed by atoms with E-state index in [0.29, 0.717) is 29.6 Å². The molecule has 0 saturated carbocycles. The molecule has 2 aromatic carbocycles. The van der Waals surface area contributed by atoms with Crippen LogP contribution in [0.3, 0.4) is 0 Å². The summed E-state index contributed by atoms with van der Waals surface area (Å²) < 4.78 is 26.5. The highest BCUT2D eigenvalue weighted by Crippen LogP contribution is 2.35. The van der Waals surface area contributed by atoms with Crippen molar-refractivity contribution in [1.29, 1.82) is 0 Å². The van der Waals surface area contributed by atoms with Crippen LogP contribution in [0.4, 0.5) is 41.4 Å². The molecule has 0 atom stereocenters. The number of urea groups is 2. The topological polar surface area (TPSA) is 156 Å². The average molecular weight is 692 g/mol. The molecule has 0 aliphatic carbocycles. The van der Waals surface area contributed by atoms with Crippen LogP contribution in [0, 0.1) is 11.6 Å². The molecular weight excluding hydrogens is 656 g/mol. The molecular formula is C36H35F2N11O2. The Labute approximate surface area is 292 Å². The van der Waals surface area contributed by atoms with Crippen LogP contribution in [0.2, 0.25) is 0 Å². The van der Waals surface area contributed by atoms with Crippen molar-refractivity contribution in [2.45, 2.75) is 0 Å². The fourth-order valence-corrected chi connectivity index (χ4v) is 5.44. The number of pyridine rings is 2. The Morgan fingerprint density at radius 3 is 1.88 bits per heavy atom. The van der Waals surface area contributed by atoms with Gasteiger partial charge < -0.3 is 20.4 Å². The fraction of sp³-hybridized carbons (Fsp3) is 0.167. The molecule has 5 N–H and O–H groups in total. The molecule has 0 radical (unpaired) electrons. The molecule has 1 fully saturated rings. The first-order valence-electron chi connectivity index (χ1n) is 16.1. The Balaban J connectivity index is 0.000000183. The quantitative estimate of drug-likeness (QED) is 0.150. The fourth-order valence-electron chi connectivity index (χ4n) is 5.44. The maximum atomic E-state index is 13.4. The number of aromatic nitrogens is 4. The Bertz CT molecular complexity index is 2030. The molecule has 2 aliphatic rings. The summed E-state index contributed by atoms with van der Waals surface area (Å²) in [6.07, 6.45) is 8.68. The predicted octanol–water partition coefficient (Wildman–Crippen LogP) is 5.84. The minimum atomic E-state index is -0.487. The highest BCUT2D eigenvalue weighted by atomic mass is 19.1. The van der Waals surface area contributed by atoms with Crippen molar-refractivity contribution in [3.63, 3.8) is 0 Å². The molecule has 2 aliphatic heterocycles. The number of nitrogens with zero attached hydrogens (tertiary/aromatic N) is 6. The lowest BCUT2D eigenvalue weighted by Crippen LogP contribution is -2.44. The van der Waals surface area contributed by atoms with Gasteiger partial charge in [0.05, 0.1) is 12.1 Å². The van der Waals surface area contributed by atoms with Crippen LogP contribution in [0.25, 0.3) is 16.7 Å². The predicted molar refractivity (Wildman–Crippen MR) is 194 cm³/mol. The zero-order valence-electron chi connectivity index (χ0n) is 27.6. The van der Waals surface area contributed by atoms with Crippen LogP contribution in [-0.2, 0) is 0 Å². The third-order valence-corrected chi connectivity index (χ3v) is 7.95. The summed E-state index contributed by atoms with van der Waals surface area (Å²) in [6.45, 7) is 4.06. The zero-order valence-corrected chi connectivity index (χ0v) is 27.6. The number of carbonyl (C=O) groups is 2. The van der Waals surface area contributed by atoms with Gasteiger partial charge in [0.25, 0.3) is 0 Å². The largest absolute Gasteiger partial charge is 0.352 e. The summed E-state index contributed by atoms with van der Waals surface area (Å²) in [5, 5.41) is 18.1. The number of H-pyrrole nitrogens is 1. The molecule has 4 amide bonds. The number of benzene rings is 2. The first-order valence-corrected chi connectivity index (χ1v) is 16.1. The minimum absolute atomic E-state index is 0.367. The van der Waals surface area contributed by atoms with E-state index in [1.165, 1.54) is 36.4 Å². The van der Waals surface area contributed by atoms with Gasteiger partial charge in [-0.15, -0.1) is 0 Å². The van der Waals surface area contributed by atoms with E-state index in [9.17, 15) is 18.4 Å². The van der Waals surface area contributed by atoms with Crippen molar-refractivity contribution < 1.29 is 18.4 Å². The number of hydrogen-bond donors (Lipinski definition) is 5. The van der Waals surface area contributed by atoms with Gasteiger partial charge in [0.15, 0.2) is 5.82 Å². The van der Waals surface area contributed by atoms with Crippen LogP contribution in [-0.4, -0.2) is 82.7 Å². The Morgan fingerprint density at radius 1 is 0.725 bits per heavy atom. The van der Waals surface area contributed by atoms with E-state index < -0.39 is 23.7 Å². The summed E-state index contributed by atoms with van der Waals surface area (Å²) in [7, 11) is 2.09. The van der Waals surface area contributed by atoms with E-state index in [1.54, 1.807) is 36.9 Å². The van der Waals surface area contributed by atoms with E-state index in [-0.39, 0.29) is 0 Å². The smallest absolute Gasteiger partial charge is 0.324 e. The minimum Gasteiger partial charge on any atom is -0.352 e. The highest BCUT2D eigenvalue weighted by Gasteiger charge is 2.24. The number of aromatic amines is 1. The number of amides is 4. The number of anilines is 4. The molecule has 5 aromatic rings. The molecule has 3 aromatic heterocycles. The number of amidine groups is 1. The van der Waals surface area contributed by atoms with E-state index in [4.69, 9.17) is 0 Å². The first-order chi connectivity index (χ1) is 24.8. The van der Waals surface area contributed by atoms with Gasteiger partial charge in [-0.3, -0.25) is 30.7 Å². The van der Waals surface area contributed by atoms with Gasteiger partial charge in [-0.05, 0) is 78.8 Å². The van der Waals surface area contributed by atoms with Crippen molar-refractivity contribution in [2.24, 2.45) is 4.99 Å². The molecule has 7 rings (SSSR count). The van der Waals surface area contributed by atoms with Gasteiger partial charge in [-0.1, -0.05) is 18.2 Å². The lowest BCUT2D eigenvalue weighted by atomic mass is 10.1. The maximum absolute atomic E-state index is 13.4. The van der Waals surface area contributed by atoms with Crippen molar-refractivity contribution >= 4 is 46.5 Å². The standard InChI is InChI=1S/C20H22FN7O.C16H13FN4O/c1-27-9-11-28(12-10-27)19-17(14-5-7-22-8-6-14)18(25-26-19)24-20(29)23-16-4-2-3-15(21)13-16;17-12-2-1-3-13(10-12)20-16(22)21-15-14(6-9-19-15)11-4-7-18-8-5-11/h2-8,13H,9-12H2,1H3,(H3,23,24,25,26,29);1-8,10H,9H2,(H2,19,20,21,22). The number of rotatable bonds is 6. The second-order valence-electron chi connectivity index (χ2n) is 11.5. The molecule has 1 saturated heterocycles. The van der Waals surface area contributed by atoms with Crippen LogP contribution >= 0.6 is 0 Å². The number of hydrogen-bond acceptors (Lipinski definition) is 8. The lowest BCUT2D eigenvalue weighted by Gasteiger charge is -2.33. The molecule has 15 heteroatoms. The van der Waals surface area contributed by atoms with Gasteiger partial charge in [0.2, 0.25) is 0 Å². The van der Waals surface area contributed by atoms with Crippen molar-refractivity contribution in [1.82, 2.24) is 30.4 Å². The third-order valence-electron chi connectivity index (χ3n) is 7.95. The van der Waals surface area contributed by atoms with Crippen LogP contribution in [0.1, 0.15) is 5.56 Å². The van der Waals surface area contributed by atoms with E-state index in [2.05, 4.69) is 63.3 Å². The third kappa shape index (κ3) is 9.16. The number of aliphatic imine (C=N–C) groups is 1. The Morgan fingerprint density at radius 2 is 1.29 bits per heavy atom. The molecule has 0 bridgehead atoms. The second kappa shape index (κ2) is 16.3. The van der Waals surface area contributed by atoms with E-state index >= 15 is 0 Å². The monoisotopic (exact) mass is 691 g/mol. The highest BCUT2D eigenvalue weighted by molar-refractivity contribution is 6.28. The van der Waals surface area contributed by atoms with Gasteiger partial charge in [0.1, 0.15) is 23.3 Å². The van der Waals surface area contributed by atoms with E-state index in [1.807, 2.05) is 30.3 Å². The first kappa shape index (κ1) is 34.4. The second-order valence-corrected chi connectivity index (χ2v) is 11.5. The summed E-state index contributed by atoms with van der Waals surface area (Å²) >= 11 is 0. The molecule has 0 unspecified atom stereocenters. The van der Waals surface area contributed by atoms with Crippen LogP contribution in [0.5, 0.6) is 0 Å². The average Bonchev–Trinajstić information content (AvgIpc) is 3.77. The van der Waals surface area contributed by atoms with E-state index in [0.717, 1.165) is 54.3 Å². The Hall–Kier alpha value is -6.48. The van der Waals surface area contributed by atoms with Gasteiger partial charge >= 0.3 is 12.1 Å². The summed E-state index contributed by atoms with van der Waals surface area (Å²) in [5.41, 5.74) is 4.21. The number of halogens is 2. The Kier molecular flexibility index (Phi) is 11.0. The summed E-state index contributed by atoms with van der Waals surface area (Å²) in [4.78, 5) is 41.2. The van der Waals surface area contributed by atoms with Gasteiger partial charge in [-0.2, -0.15) is 5.10 Å². The van der Waals surface area contributed by atoms with Crippen molar-refractivity contribution in [3.05, 3.63) is 121 Å². The molecule has 260 valence electrons. The molecule has 5 heterocycles. The number of carbonyl (C=O) groups excluding carboxylic acids is 2. The summed E-state index contributed by atoms with van der Waals surface area (Å²) in [5.74, 6) is 0.914. The number of piperazine rings is 1. The van der Waals surface area contributed by atoms with Crippen LogP contribution < -0.4 is 26.2 Å². The SMILES string of the molecule is CN1CCN(c2n[nH]c(NC(=O)Nc3cccc(F)c3)c2-c2ccncc2)CC1.O=C(NC1=NCC=C1c1ccncc1)Nc1cccc(F)c1. The normalized spacial score (nSPS) is 14.1. The zero-order chi connectivity index (χ0) is 35.6. The molecule has 13 nitrogen and oxygen atoms in total. The lowest BCUT2D eigenvalue weighted by molar-refractivity contribution is 0.256. The number of likely N-dealkylation sites (N-methyl/N-ethyl adjacent to an activating group) is 1. The summed E-state index contributed by atoms with van der Waals surface area (Å²) in [6, 6.07) is 17.9. The van der Waals surface area contributed by atoms with Gasteiger partial charge in [-0.25, -0.2) is 18.4 Å². The van der Waals surface area contributed by atoms with Crippen LogP contribution in [0.15, 0.2) is 109 Å². The van der Waals surface area contributed by atoms with Crippen molar-refractivity contribution in [3.8, 4) is 11.1 Å². The number of nitrogens with one attached hydrogen (secondary N) is 5. The maximum Gasteiger partial charge on any atom is 0.324 e. The molecule has 51 heavy (non-hydrogen) atoms. The van der Waals surface area contributed by atoms with Gasteiger partial charge in [0, 0.05) is 67.9 Å². The molecule has 0 spiro atoms.